The summed E-state index contributed by atoms with van der Waals surface area (Å²) in [6, 6.07) is 21.5. The summed E-state index contributed by atoms with van der Waals surface area (Å²) in [7, 11) is 3.37. The number of ether oxygens (including phenoxy) is 1. The van der Waals surface area contributed by atoms with Crippen molar-refractivity contribution >= 4 is 34.8 Å². The average Bonchev–Trinajstić information content (AvgIpc) is 2.84. The van der Waals surface area contributed by atoms with Crippen LogP contribution in [0.5, 0.6) is 5.75 Å². The number of carbonyl (C=O) groups is 3. The Labute approximate surface area is 205 Å². The summed E-state index contributed by atoms with van der Waals surface area (Å²) < 4.78 is 5.33. The quantitative estimate of drug-likeness (QED) is 0.423. The van der Waals surface area contributed by atoms with Gasteiger partial charge in [-0.3, -0.25) is 19.3 Å². The van der Waals surface area contributed by atoms with Crippen LogP contribution in [0.2, 0.25) is 0 Å². The fourth-order valence-corrected chi connectivity index (χ4v) is 3.56. The molecule has 0 saturated carbocycles. The fourth-order valence-electron chi connectivity index (χ4n) is 3.56. The molecule has 3 aromatic carbocycles. The summed E-state index contributed by atoms with van der Waals surface area (Å²) >= 11 is 0. The van der Waals surface area contributed by atoms with Crippen LogP contribution in [0.4, 0.5) is 17.1 Å². The molecule has 8 nitrogen and oxygen atoms in total. The lowest BCUT2D eigenvalue weighted by Crippen LogP contribution is -2.32. The van der Waals surface area contributed by atoms with Gasteiger partial charge in [0.15, 0.2) is 0 Å². The number of benzene rings is 3. The van der Waals surface area contributed by atoms with Gasteiger partial charge in [-0.05, 0) is 62.0 Å². The maximum Gasteiger partial charge on any atom is 0.255 e. The Morgan fingerprint density at radius 1 is 0.886 bits per heavy atom. The van der Waals surface area contributed by atoms with E-state index < -0.39 is 0 Å². The van der Waals surface area contributed by atoms with Gasteiger partial charge in [0.05, 0.1) is 19.3 Å². The van der Waals surface area contributed by atoms with E-state index in [0.717, 1.165) is 5.56 Å². The minimum absolute atomic E-state index is 0.0954. The molecule has 0 fully saturated rings. The van der Waals surface area contributed by atoms with Crippen molar-refractivity contribution in [2.75, 3.05) is 36.7 Å². The number of hydrogen-bond acceptors (Lipinski definition) is 5. The summed E-state index contributed by atoms with van der Waals surface area (Å²) in [5.74, 6) is -0.127. The molecule has 0 aromatic heterocycles. The Kier molecular flexibility index (Phi) is 8.58. The topological polar surface area (TPSA) is 99.8 Å². The molecule has 0 saturated heterocycles. The molecule has 3 N–H and O–H groups in total. The molecular weight excluding hydrogens is 444 g/mol. The predicted molar refractivity (Wildman–Crippen MR) is 138 cm³/mol. The highest BCUT2D eigenvalue weighted by Gasteiger charge is 2.17. The molecule has 0 radical (unpaired) electrons. The van der Waals surface area contributed by atoms with Crippen molar-refractivity contribution in [3.8, 4) is 5.75 Å². The van der Waals surface area contributed by atoms with Gasteiger partial charge >= 0.3 is 0 Å². The van der Waals surface area contributed by atoms with Crippen LogP contribution in [-0.4, -0.2) is 43.3 Å². The third-order valence-electron chi connectivity index (χ3n) is 5.51. The van der Waals surface area contributed by atoms with Crippen LogP contribution in [0, 0.1) is 0 Å². The Morgan fingerprint density at radius 2 is 1.60 bits per heavy atom. The minimum atomic E-state index is -0.230. The van der Waals surface area contributed by atoms with Crippen molar-refractivity contribution in [3.63, 3.8) is 0 Å². The second kappa shape index (κ2) is 11.8. The Balaban J connectivity index is 1.64. The van der Waals surface area contributed by atoms with Crippen LogP contribution < -0.4 is 20.7 Å². The van der Waals surface area contributed by atoms with Crippen LogP contribution >= 0.6 is 0 Å². The molecule has 0 spiro atoms. The third-order valence-corrected chi connectivity index (χ3v) is 5.51. The summed E-state index contributed by atoms with van der Waals surface area (Å²) in [6.45, 7) is 3.53. The average molecular weight is 475 g/mol. The number of nitrogens with one attached hydrogen (secondary N) is 3. The number of nitrogens with zero attached hydrogens (tertiary/aromatic N) is 1. The Hall–Kier alpha value is -4.17. The van der Waals surface area contributed by atoms with E-state index in [1.165, 1.54) is 14.0 Å². The molecule has 8 heteroatoms. The smallest absolute Gasteiger partial charge is 0.255 e. The normalized spacial score (nSPS) is 11.5. The van der Waals surface area contributed by atoms with Gasteiger partial charge in [-0.15, -0.1) is 0 Å². The fraction of sp³-hybridized carbons (Fsp3) is 0.222. The highest BCUT2D eigenvalue weighted by atomic mass is 16.5. The lowest BCUT2D eigenvalue weighted by atomic mass is 10.1. The number of hydrogen-bond donors (Lipinski definition) is 3. The molecule has 3 aromatic rings. The highest BCUT2D eigenvalue weighted by Crippen LogP contribution is 2.28. The summed E-state index contributed by atoms with van der Waals surface area (Å²) in [5.41, 5.74) is 3.25. The molecule has 0 bridgehead atoms. The third kappa shape index (κ3) is 7.15. The van der Waals surface area contributed by atoms with Crippen molar-refractivity contribution in [1.82, 2.24) is 4.90 Å². The predicted octanol–water partition coefficient (Wildman–Crippen LogP) is 4.54. The molecule has 0 heterocycles. The molecule has 35 heavy (non-hydrogen) atoms. The Bertz CT molecular complexity index is 1200. The zero-order chi connectivity index (χ0) is 25.4. The van der Waals surface area contributed by atoms with Crippen LogP contribution in [0.1, 0.15) is 35.8 Å². The van der Waals surface area contributed by atoms with Crippen molar-refractivity contribution in [3.05, 3.63) is 83.9 Å². The van der Waals surface area contributed by atoms with E-state index in [1.54, 1.807) is 30.3 Å². The van der Waals surface area contributed by atoms with E-state index in [2.05, 4.69) is 16.0 Å². The van der Waals surface area contributed by atoms with E-state index in [9.17, 15) is 14.4 Å². The lowest BCUT2D eigenvalue weighted by Gasteiger charge is -2.25. The number of carbonyl (C=O) groups excluding carboxylic acids is 3. The first kappa shape index (κ1) is 25.5. The van der Waals surface area contributed by atoms with Crippen LogP contribution in [0.15, 0.2) is 72.8 Å². The standard InChI is InChI=1S/C27H30N4O4/c1-18(21-11-8-12-22(15-21)29-27(34)20-9-6-5-7-10-20)31(3)17-26(33)30-24-16-23(28-19(2)32)13-14-25(24)35-4/h5-16,18H,17H2,1-4H3,(H,28,32)(H,29,34)(H,30,33)/t18-/m0/s1. The first-order valence-corrected chi connectivity index (χ1v) is 11.2. The van der Waals surface area contributed by atoms with E-state index in [4.69, 9.17) is 4.74 Å². The molecule has 0 aliphatic heterocycles. The second-order valence-corrected chi connectivity index (χ2v) is 8.18. The monoisotopic (exact) mass is 474 g/mol. The van der Waals surface area contributed by atoms with Crippen molar-refractivity contribution in [1.29, 1.82) is 0 Å². The largest absolute Gasteiger partial charge is 0.495 e. The van der Waals surface area contributed by atoms with E-state index >= 15 is 0 Å². The van der Waals surface area contributed by atoms with Gasteiger partial charge < -0.3 is 20.7 Å². The molecular formula is C27H30N4O4. The lowest BCUT2D eigenvalue weighted by molar-refractivity contribution is -0.117. The van der Waals surface area contributed by atoms with Crippen molar-refractivity contribution in [2.45, 2.75) is 19.9 Å². The number of anilines is 3. The SMILES string of the molecule is COc1ccc(NC(C)=O)cc1NC(=O)CN(C)[C@@H](C)c1cccc(NC(=O)c2ccccc2)c1. The highest BCUT2D eigenvalue weighted by molar-refractivity contribution is 6.04. The number of methoxy groups -OCH3 is 1. The van der Waals surface area contributed by atoms with E-state index in [1.807, 2.05) is 61.3 Å². The van der Waals surface area contributed by atoms with E-state index in [-0.39, 0.29) is 30.3 Å². The summed E-state index contributed by atoms with van der Waals surface area (Å²) in [4.78, 5) is 38.5. The van der Waals surface area contributed by atoms with Crippen LogP contribution in [0.25, 0.3) is 0 Å². The maximum atomic E-state index is 12.8. The maximum absolute atomic E-state index is 12.8. The second-order valence-electron chi connectivity index (χ2n) is 8.18. The first-order valence-electron chi connectivity index (χ1n) is 11.2. The molecule has 0 aliphatic rings. The first-order chi connectivity index (χ1) is 16.8. The summed E-state index contributed by atoms with van der Waals surface area (Å²) in [6.07, 6.45) is 0. The number of amides is 3. The van der Waals surface area contributed by atoms with Gasteiger partial charge in [0.25, 0.3) is 5.91 Å². The zero-order valence-electron chi connectivity index (χ0n) is 20.3. The van der Waals surface area contributed by atoms with Gasteiger partial charge in [0, 0.05) is 29.9 Å². The zero-order valence-corrected chi connectivity index (χ0v) is 20.3. The summed E-state index contributed by atoms with van der Waals surface area (Å²) in [5, 5.41) is 8.46. The van der Waals surface area contributed by atoms with Crippen molar-refractivity contribution < 1.29 is 19.1 Å². The van der Waals surface area contributed by atoms with E-state index in [0.29, 0.717) is 28.4 Å². The van der Waals surface area contributed by atoms with Crippen LogP contribution in [-0.2, 0) is 9.59 Å². The van der Waals surface area contributed by atoms with Gasteiger partial charge in [0.1, 0.15) is 5.75 Å². The number of likely N-dealkylation sites (N-methyl/N-ethyl adjacent to an activating group) is 1. The molecule has 1 atom stereocenters. The number of rotatable bonds is 9. The molecule has 3 amide bonds. The molecule has 0 unspecified atom stereocenters. The van der Waals surface area contributed by atoms with Gasteiger partial charge in [-0.25, -0.2) is 0 Å². The minimum Gasteiger partial charge on any atom is -0.495 e. The van der Waals surface area contributed by atoms with Crippen molar-refractivity contribution in [2.24, 2.45) is 0 Å². The van der Waals surface area contributed by atoms with Gasteiger partial charge in [0.2, 0.25) is 11.8 Å². The Morgan fingerprint density at radius 3 is 2.29 bits per heavy atom. The van der Waals surface area contributed by atoms with Crippen LogP contribution in [0.3, 0.4) is 0 Å². The van der Waals surface area contributed by atoms with Gasteiger partial charge in [-0.2, -0.15) is 0 Å². The molecule has 0 aliphatic carbocycles. The van der Waals surface area contributed by atoms with Gasteiger partial charge in [-0.1, -0.05) is 30.3 Å². The molecule has 182 valence electrons. The molecule has 3 rings (SSSR count).